The molecule has 2 aromatic heterocycles. The van der Waals surface area contributed by atoms with Crippen LogP contribution in [0.2, 0.25) is 0 Å². The average molecular weight is 653 g/mol. The standard InChI is InChI=1S/C32H36N4O9S/c1-3-4-5-6-10-25(35-19-29(33-20-35)34-30(37)24-9-7-8-11-28(24)46(40,41)42)31(38)36-18-23(17-26(36)32(39)43-2)45-22-12-13-27-21(16-22)14-15-44-27/h7-9,11-16,19-20,23,25-26H,3-6,10,17-18H2,1-2H3,(H,34,37)(H,40,41,42)/t23-,25+,26-/m0/s1. The molecule has 4 aromatic rings. The lowest BCUT2D eigenvalue weighted by molar-refractivity contribution is -0.152. The zero-order chi connectivity index (χ0) is 32.8. The summed E-state index contributed by atoms with van der Waals surface area (Å²) in [5, 5.41) is 3.41. The van der Waals surface area contributed by atoms with E-state index in [1.807, 2.05) is 12.1 Å². The molecule has 0 aliphatic carbocycles. The summed E-state index contributed by atoms with van der Waals surface area (Å²) in [4.78, 5) is 45.2. The van der Waals surface area contributed by atoms with Crippen LogP contribution >= 0.6 is 0 Å². The van der Waals surface area contributed by atoms with E-state index >= 15 is 0 Å². The second-order valence-electron chi connectivity index (χ2n) is 11.1. The van der Waals surface area contributed by atoms with Crippen molar-refractivity contribution in [3.8, 4) is 5.75 Å². The predicted molar refractivity (Wildman–Crippen MR) is 167 cm³/mol. The molecular weight excluding hydrogens is 616 g/mol. The molecule has 2 aromatic carbocycles. The molecule has 2 N–H and O–H groups in total. The Hall–Kier alpha value is -4.69. The number of fused-ring (bicyclic) bond motifs is 1. The van der Waals surface area contributed by atoms with Crippen molar-refractivity contribution >= 4 is 44.7 Å². The minimum Gasteiger partial charge on any atom is -0.488 e. The zero-order valence-corrected chi connectivity index (χ0v) is 26.3. The van der Waals surface area contributed by atoms with Gasteiger partial charge in [0.1, 0.15) is 34.4 Å². The summed E-state index contributed by atoms with van der Waals surface area (Å²) in [6.45, 7) is 2.24. The Morgan fingerprint density at radius 3 is 2.70 bits per heavy atom. The topological polar surface area (TPSA) is 170 Å². The SMILES string of the molecule is CCCCCC[C@H](C(=O)N1C[C@@H](Oc2ccc3occc3c2)C[C@H]1C(=O)OC)n1cnc(NC(=O)c2ccccc2S(=O)(=O)O)c1. The van der Waals surface area contributed by atoms with E-state index in [1.165, 1.54) is 42.7 Å². The highest BCUT2D eigenvalue weighted by atomic mass is 32.2. The van der Waals surface area contributed by atoms with Crippen molar-refractivity contribution in [2.24, 2.45) is 0 Å². The van der Waals surface area contributed by atoms with Gasteiger partial charge in [-0.05, 0) is 42.8 Å². The molecule has 1 aliphatic rings. The van der Waals surface area contributed by atoms with Gasteiger partial charge in [-0.3, -0.25) is 14.1 Å². The Morgan fingerprint density at radius 1 is 1.13 bits per heavy atom. The lowest BCUT2D eigenvalue weighted by atomic mass is 10.1. The number of carbonyl (C=O) groups excluding carboxylic acids is 3. The molecule has 1 fully saturated rings. The van der Waals surface area contributed by atoms with Gasteiger partial charge in [-0.15, -0.1) is 0 Å². The fourth-order valence-corrected chi connectivity index (χ4v) is 6.38. The number of likely N-dealkylation sites (tertiary alicyclic amines) is 1. The van der Waals surface area contributed by atoms with Gasteiger partial charge in [-0.2, -0.15) is 8.42 Å². The van der Waals surface area contributed by atoms with Crippen molar-refractivity contribution in [1.82, 2.24) is 14.5 Å². The third-order valence-corrected chi connectivity index (χ3v) is 8.89. The molecule has 46 heavy (non-hydrogen) atoms. The molecular formula is C32H36N4O9S. The summed E-state index contributed by atoms with van der Waals surface area (Å²) in [7, 11) is -3.37. The highest BCUT2D eigenvalue weighted by Gasteiger charge is 2.43. The second-order valence-corrected chi connectivity index (χ2v) is 12.5. The first-order chi connectivity index (χ1) is 22.1. The van der Waals surface area contributed by atoms with Crippen molar-refractivity contribution < 1.29 is 41.2 Å². The predicted octanol–water partition coefficient (Wildman–Crippen LogP) is 4.86. The van der Waals surface area contributed by atoms with Crippen LogP contribution in [-0.4, -0.2) is 71.0 Å². The number of anilines is 1. The average Bonchev–Trinajstić information content (AvgIpc) is 3.80. The number of rotatable bonds is 13. The Balaban J connectivity index is 1.36. The molecule has 5 rings (SSSR count). The number of imidazole rings is 1. The van der Waals surface area contributed by atoms with E-state index in [9.17, 15) is 27.4 Å². The van der Waals surface area contributed by atoms with Crippen LogP contribution in [0.3, 0.4) is 0 Å². The fraction of sp³-hybridized carbons (Fsp3) is 0.375. The molecule has 2 amide bonds. The van der Waals surface area contributed by atoms with Gasteiger partial charge in [-0.1, -0.05) is 44.7 Å². The monoisotopic (exact) mass is 652 g/mol. The van der Waals surface area contributed by atoms with E-state index in [0.717, 1.165) is 37.1 Å². The van der Waals surface area contributed by atoms with Crippen LogP contribution in [0.5, 0.6) is 5.75 Å². The molecule has 1 saturated heterocycles. The first-order valence-electron chi connectivity index (χ1n) is 15.0. The number of nitrogens with one attached hydrogen (secondary N) is 1. The van der Waals surface area contributed by atoms with Crippen LogP contribution in [0.15, 0.2) is 76.6 Å². The number of benzene rings is 2. The fourth-order valence-electron chi connectivity index (χ4n) is 5.69. The van der Waals surface area contributed by atoms with Crippen LogP contribution in [-0.2, 0) is 24.4 Å². The maximum atomic E-state index is 14.2. The summed E-state index contributed by atoms with van der Waals surface area (Å²) in [5.41, 5.74) is 0.454. The summed E-state index contributed by atoms with van der Waals surface area (Å²) in [6, 6.07) is 10.8. The Labute approximate surface area is 266 Å². The van der Waals surface area contributed by atoms with Crippen molar-refractivity contribution in [3.05, 3.63) is 72.9 Å². The molecule has 3 atom stereocenters. The summed E-state index contributed by atoms with van der Waals surface area (Å²) >= 11 is 0. The first-order valence-corrected chi connectivity index (χ1v) is 16.5. The lowest BCUT2D eigenvalue weighted by Gasteiger charge is -2.28. The van der Waals surface area contributed by atoms with Gasteiger partial charge in [0, 0.05) is 18.0 Å². The van der Waals surface area contributed by atoms with Crippen LogP contribution in [0, 0.1) is 0 Å². The molecule has 13 nitrogen and oxygen atoms in total. The number of furan rings is 1. The Bertz CT molecular complexity index is 1820. The maximum Gasteiger partial charge on any atom is 0.328 e. The van der Waals surface area contributed by atoms with Crippen LogP contribution in [0.4, 0.5) is 5.82 Å². The molecule has 244 valence electrons. The molecule has 1 aliphatic heterocycles. The van der Waals surface area contributed by atoms with Crippen LogP contribution in [0.1, 0.15) is 61.8 Å². The Morgan fingerprint density at radius 2 is 1.93 bits per heavy atom. The molecule has 0 unspecified atom stereocenters. The van der Waals surface area contributed by atoms with Gasteiger partial charge >= 0.3 is 5.97 Å². The molecule has 0 radical (unpaired) electrons. The number of methoxy groups -OCH3 is 1. The number of unbranched alkanes of at least 4 members (excludes halogenated alkanes) is 3. The zero-order valence-electron chi connectivity index (χ0n) is 25.5. The smallest absolute Gasteiger partial charge is 0.328 e. The third-order valence-electron chi connectivity index (χ3n) is 7.97. The van der Waals surface area contributed by atoms with Gasteiger partial charge in [0.15, 0.2) is 5.82 Å². The van der Waals surface area contributed by atoms with Crippen molar-refractivity contribution in [1.29, 1.82) is 0 Å². The normalized spacial score (nSPS) is 17.2. The van der Waals surface area contributed by atoms with Gasteiger partial charge in [-0.25, -0.2) is 9.78 Å². The van der Waals surface area contributed by atoms with E-state index in [2.05, 4.69) is 17.2 Å². The summed E-state index contributed by atoms with van der Waals surface area (Å²) in [5.74, 6) is -1.02. The number of nitrogens with zero attached hydrogens (tertiary/aromatic N) is 3. The van der Waals surface area contributed by atoms with Crippen LogP contribution < -0.4 is 10.1 Å². The quantitative estimate of drug-likeness (QED) is 0.115. The largest absolute Gasteiger partial charge is 0.488 e. The third kappa shape index (κ3) is 7.40. The minimum atomic E-state index is -4.65. The van der Waals surface area contributed by atoms with Crippen LogP contribution in [0.25, 0.3) is 11.0 Å². The number of carbonyl (C=O) groups is 3. The molecule has 14 heteroatoms. The molecule has 0 spiro atoms. The molecule has 3 heterocycles. The van der Waals surface area contributed by atoms with Gasteiger partial charge in [0.25, 0.3) is 16.0 Å². The minimum absolute atomic E-state index is 0.0725. The van der Waals surface area contributed by atoms with Gasteiger partial charge in [0.05, 0.1) is 31.8 Å². The van der Waals surface area contributed by atoms with Crippen molar-refractivity contribution in [3.63, 3.8) is 0 Å². The van der Waals surface area contributed by atoms with E-state index in [-0.39, 0.29) is 30.3 Å². The molecule has 0 bridgehead atoms. The van der Waals surface area contributed by atoms with E-state index < -0.39 is 45.1 Å². The van der Waals surface area contributed by atoms with E-state index in [1.54, 1.807) is 23.0 Å². The summed E-state index contributed by atoms with van der Waals surface area (Å²) in [6.07, 6.45) is 8.31. The first kappa shape index (κ1) is 32.7. The van der Waals surface area contributed by atoms with E-state index in [4.69, 9.17) is 13.9 Å². The number of hydrogen-bond acceptors (Lipinski definition) is 9. The van der Waals surface area contributed by atoms with Crippen molar-refractivity contribution in [2.75, 3.05) is 19.0 Å². The number of aromatic nitrogens is 2. The van der Waals surface area contributed by atoms with Gasteiger partial charge < -0.3 is 28.7 Å². The highest BCUT2D eigenvalue weighted by Crippen LogP contribution is 2.30. The maximum absolute atomic E-state index is 14.2. The number of esters is 1. The Kier molecular flexibility index (Phi) is 10.1. The second kappa shape index (κ2) is 14.2. The van der Waals surface area contributed by atoms with Gasteiger partial charge in [0.2, 0.25) is 5.91 Å². The molecule has 0 saturated carbocycles. The highest BCUT2D eigenvalue weighted by molar-refractivity contribution is 7.86. The summed E-state index contributed by atoms with van der Waals surface area (Å²) < 4.78 is 51.4. The number of amides is 2. The lowest BCUT2D eigenvalue weighted by Crippen LogP contribution is -2.44. The van der Waals surface area contributed by atoms with Crippen molar-refractivity contribution in [2.45, 2.75) is 68.5 Å². The van der Waals surface area contributed by atoms with E-state index in [0.29, 0.717) is 17.8 Å². The number of hydrogen-bond donors (Lipinski definition) is 2. The number of ether oxygens (including phenoxy) is 2.